The molecule has 0 fully saturated rings. The molecule has 0 unspecified atom stereocenters. The zero-order valence-electron chi connectivity index (χ0n) is 9.04. The highest BCUT2D eigenvalue weighted by Gasteiger charge is 2.11. The Morgan fingerprint density at radius 3 is 2.56 bits per heavy atom. The molecule has 1 aromatic carbocycles. The molecule has 0 atom stereocenters. The SMILES string of the molecule is O=C(NCc1ccc(Cl)o1)c1ccc(Cl)cc1Cl. The van der Waals surface area contributed by atoms with Crippen LogP contribution in [0.4, 0.5) is 0 Å². The van der Waals surface area contributed by atoms with Crippen LogP contribution < -0.4 is 5.32 Å². The molecule has 1 N–H and O–H groups in total. The molecule has 18 heavy (non-hydrogen) atoms. The van der Waals surface area contributed by atoms with Crippen molar-refractivity contribution in [2.24, 2.45) is 0 Å². The molecule has 2 aromatic rings. The number of halogens is 3. The van der Waals surface area contributed by atoms with Gasteiger partial charge in [-0.1, -0.05) is 23.2 Å². The molecule has 1 amide bonds. The van der Waals surface area contributed by atoms with Gasteiger partial charge in [-0.05, 0) is 41.9 Å². The molecule has 0 aliphatic heterocycles. The Morgan fingerprint density at radius 1 is 1.17 bits per heavy atom. The van der Waals surface area contributed by atoms with E-state index in [9.17, 15) is 4.79 Å². The minimum Gasteiger partial charge on any atom is -0.448 e. The largest absolute Gasteiger partial charge is 0.448 e. The van der Waals surface area contributed by atoms with Crippen molar-refractivity contribution in [3.05, 3.63) is 56.9 Å². The van der Waals surface area contributed by atoms with Gasteiger partial charge in [-0.3, -0.25) is 4.79 Å². The van der Waals surface area contributed by atoms with Crippen LogP contribution in [0.1, 0.15) is 16.1 Å². The van der Waals surface area contributed by atoms with E-state index in [0.29, 0.717) is 21.4 Å². The van der Waals surface area contributed by atoms with Crippen molar-refractivity contribution < 1.29 is 9.21 Å². The predicted octanol–water partition coefficient (Wildman–Crippen LogP) is 4.17. The average Bonchev–Trinajstić information content (AvgIpc) is 2.72. The van der Waals surface area contributed by atoms with E-state index in [4.69, 9.17) is 39.2 Å². The van der Waals surface area contributed by atoms with E-state index in [1.54, 1.807) is 24.3 Å². The van der Waals surface area contributed by atoms with Crippen molar-refractivity contribution in [1.82, 2.24) is 5.32 Å². The van der Waals surface area contributed by atoms with Crippen molar-refractivity contribution in [2.45, 2.75) is 6.54 Å². The second-order valence-electron chi connectivity index (χ2n) is 3.51. The minimum atomic E-state index is -0.302. The predicted molar refractivity (Wildman–Crippen MR) is 71.4 cm³/mol. The monoisotopic (exact) mass is 303 g/mol. The molecule has 0 aliphatic rings. The van der Waals surface area contributed by atoms with Crippen molar-refractivity contribution in [3.8, 4) is 0 Å². The first-order valence-electron chi connectivity index (χ1n) is 5.04. The van der Waals surface area contributed by atoms with Crippen LogP contribution >= 0.6 is 34.8 Å². The van der Waals surface area contributed by atoms with Crippen molar-refractivity contribution >= 4 is 40.7 Å². The quantitative estimate of drug-likeness (QED) is 0.924. The Morgan fingerprint density at radius 2 is 1.94 bits per heavy atom. The van der Waals surface area contributed by atoms with Crippen LogP contribution in [0.25, 0.3) is 0 Å². The summed E-state index contributed by atoms with van der Waals surface area (Å²) in [5.74, 6) is 0.266. The summed E-state index contributed by atoms with van der Waals surface area (Å²) < 4.78 is 5.12. The van der Waals surface area contributed by atoms with Crippen molar-refractivity contribution in [1.29, 1.82) is 0 Å². The molecule has 94 valence electrons. The molecule has 0 saturated carbocycles. The Kier molecular flexibility index (Phi) is 4.17. The summed E-state index contributed by atoms with van der Waals surface area (Å²) in [7, 11) is 0. The molecule has 0 saturated heterocycles. The Balaban J connectivity index is 2.03. The van der Waals surface area contributed by atoms with Crippen molar-refractivity contribution in [2.75, 3.05) is 0 Å². The summed E-state index contributed by atoms with van der Waals surface area (Å²) in [6, 6.07) is 7.98. The fourth-order valence-electron chi connectivity index (χ4n) is 1.38. The normalized spacial score (nSPS) is 10.4. The minimum absolute atomic E-state index is 0.241. The Bertz CT molecular complexity index is 580. The highest BCUT2D eigenvalue weighted by atomic mass is 35.5. The second-order valence-corrected chi connectivity index (χ2v) is 4.73. The summed E-state index contributed by atoms with van der Waals surface area (Å²) >= 11 is 17.3. The lowest BCUT2D eigenvalue weighted by atomic mass is 10.2. The van der Waals surface area contributed by atoms with Gasteiger partial charge < -0.3 is 9.73 Å². The average molecular weight is 305 g/mol. The molecular weight excluding hydrogens is 296 g/mol. The topological polar surface area (TPSA) is 42.2 Å². The Hall–Kier alpha value is -1.16. The first-order chi connectivity index (χ1) is 8.56. The third-order valence-electron chi connectivity index (χ3n) is 2.23. The zero-order chi connectivity index (χ0) is 13.1. The van der Waals surface area contributed by atoms with E-state index in [-0.39, 0.29) is 17.7 Å². The Labute approximate surface area is 119 Å². The molecule has 1 aromatic heterocycles. The maximum atomic E-state index is 11.8. The second kappa shape index (κ2) is 5.65. The molecule has 0 aliphatic carbocycles. The highest BCUT2D eigenvalue weighted by Crippen LogP contribution is 2.21. The third kappa shape index (κ3) is 3.19. The fourth-order valence-corrected chi connectivity index (χ4v) is 2.04. The zero-order valence-corrected chi connectivity index (χ0v) is 11.3. The number of rotatable bonds is 3. The number of benzene rings is 1. The summed E-state index contributed by atoms with van der Waals surface area (Å²) in [5.41, 5.74) is 0.360. The number of furan rings is 1. The van der Waals surface area contributed by atoms with E-state index in [1.807, 2.05) is 0 Å². The molecule has 3 nitrogen and oxygen atoms in total. The lowest BCUT2D eigenvalue weighted by molar-refractivity contribution is 0.0948. The lowest BCUT2D eigenvalue weighted by Crippen LogP contribution is -2.22. The highest BCUT2D eigenvalue weighted by molar-refractivity contribution is 6.36. The summed E-state index contributed by atoms with van der Waals surface area (Å²) in [5, 5.41) is 3.74. The van der Waals surface area contributed by atoms with Crippen LogP contribution in [-0.2, 0) is 6.54 Å². The van der Waals surface area contributed by atoms with E-state index >= 15 is 0 Å². The number of hydrogen-bond acceptors (Lipinski definition) is 2. The maximum absolute atomic E-state index is 11.8. The first kappa shape index (κ1) is 13.3. The van der Waals surface area contributed by atoms with Gasteiger partial charge in [-0.15, -0.1) is 0 Å². The molecule has 0 bridgehead atoms. The molecule has 0 spiro atoms. The summed E-state index contributed by atoms with van der Waals surface area (Å²) in [6.45, 7) is 0.241. The van der Waals surface area contributed by atoms with Crippen LogP contribution in [0.2, 0.25) is 15.3 Å². The van der Waals surface area contributed by atoms with E-state index < -0.39 is 0 Å². The molecule has 1 heterocycles. The van der Waals surface area contributed by atoms with Gasteiger partial charge in [0.05, 0.1) is 17.1 Å². The van der Waals surface area contributed by atoms with E-state index in [2.05, 4.69) is 5.32 Å². The van der Waals surface area contributed by atoms with Crippen LogP contribution in [0.5, 0.6) is 0 Å². The summed E-state index contributed by atoms with van der Waals surface area (Å²) in [4.78, 5) is 11.8. The first-order valence-corrected chi connectivity index (χ1v) is 6.17. The number of carbonyl (C=O) groups is 1. The van der Waals surface area contributed by atoms with Gasteiger partial charge >= 0.3 is 0 Å². The van der Waals surface area contributed by atoms with Crippen LogP contribution in [0.3, 0.4) is 0 Å². The van der Waals surface area contributed by atoms with Gasteiger partial charge in [0, 0.05) is 5.02 Å². The number of carbonyl (C=O) groups excluding carboxylic acids is 1. The van der Waals surface area contributed by atoms with E-state index in [1.165, 1.54) is 6.07 Å². The van der Waals surface area contributed by atoms with Gasteiger partial charge in [0.25, 0.3) is 5.91 Å². The smallest absolute Gasteiger partial charge is 0.253 e. The van der Waals surface area contributed by atoms with Crippen LogP contribution in [0, 0.1) is 0 Å². The van der Waals surface area contributed by atoms with Gasteiger partial charge in [-0.2, -0.15) is 0 Å². The van der Waals surface area contributed by atoms with Gasteiger partial charge in [0.15, 0.2) is 5.22 Å². The van der Waals surface area contributed by atoms with Gasteiger partial charge in [0.1, 0.15) is 5.76 Å². The number of hydrogen-bond donors (Lipinski definition) is 1. The molecule has 2 rings (SSSR count). The van der Waals surface area contributed by atoms with Crippen LogP contribution in [-0.4, -0.2) is 5.91 Å². The fraction of sp³-hybridized carbons (Fsp3) is 0.0833. The molecular formula is C12H8Cl3NO2. The molecule has 0 radical (unpaired) electrons. The standard InChI is InChI=1S/C12H8Cl3NO2/c13-7-1-3-9(10(14)5-7)12(17)16-6-8-2-4-11(15)18-8/h1-5H,6H2,(H,16,17). The van der Waals surface area contributed by atoms with Crippen molar-refractivity contribution in [3.63, 3.8) is 0 Å². The maximum Gasteiger partial charge on any atom is 0.253 e. The third-order valence-corrected chi connectivity index (χ3v) is 2.98. The summed E-state index contributed by atoms with van der Waals surface area (Å²) in [6.07, 6.45) is 0. The number of amides is 1. The van der Waals surface area contributed by atoms with Gasteiger partial charge in [0.2, 0.25) is 0 Å². The van der Waals surface area contributed by atoms with Crippen LogP contribution in [0.15, 0.2) is 34.7 Å². The number of nitrogens with one attached hydrogen (secondary N) is 1. The lowest BCUT2D eigenvalue weighted by Gasteiger charge is -2.05. The molecule has 6 heteroatoms. The van der Waals surface area contributed by atoms with Gasteiger partial charge in [-0.25, -0.2) is 0 Å². The van der Waals surface area contributed by atoms with E-state index in [0.717, 1.165) is 0 Å².